The standard InChI is InChI=1S/C22H17ClFNO2S/c23-16-7-11-18(12-8-16)25-21(26)14-28-22(25)19-3-1-2-4-20(19)27-13-15-5-9-17(24)10-6-15/h1-12,22H,13-14H2/t22-/m1/s1. The Morgan fingerprint density at radius 3 is 2.50 bits per heavy atom. The molecule has 142 valence electrons. The summed E-state index contributed by atoms with van der Waals surface area (Å²) in [5, 5.41) is 0.445. The number of thioether (sulfide) groups is 1. The quantitative estimate of drug-likeness (QED) is 0.526. The van der Waals surface area contributed by atoms with Gasteiger partial charge in [0.25, 0.3) is 0 Å². The lowest BCUT2D eigenvalue weighted by Crippen LogP contribution is -2.28. The first-order valence-corrected chi connectivity index (χ1v) is 10.2. The van der Waals surface area contributed by atoms with Crippen molar-refractivity contribution in [1.29, 1.82) is 0 Å². The number of hydrogen-bond donors (Lipinski definition) is 0. The van der Waals surface area contributed by atoms with E-state index in [9.17, 15) is 9.18 Å². The van der Waals surface area contributed by atoms with Crippen LogP contribution in [0.1, 0.15) is 16.5 Å². The number of anilines is 1. The van der Waals surface area contributed by atoms with Gasteiger partial charge in [-0.2, -0.15) is 0 Å². The van der Waals surface area contributed by atoms with Crippen molar-refractivity contribution in [2.24, 2.45) is 0 Å². The maximum Gasteiger partial charge on any atom is 0.238 e. The third-order valence-corrected chi connectivity index (χ3v) is 5.91. The highest BCUT2D eigenvalue weighted by Gasteiger charge is 2.35. The second kappa shape index (κ2) is 8.25. The molecule has 0 unspecified atom stereocenters. The van der Waals surface area contributed by atoms with Crippen molar-refractivity contribution in [3.8, 4) is 5.75 Å². The first-order chi connectivity index (χ1) is 13.6. The lowest BCUT2D eigenvalue weighted by atomic mass is 10.1. The van der Waals surface area contributed by atoms with E-state index < -0.39 is 0 Å². The Morgan fingerprint density at radius 1 is 1.04 bits per heavy atom. The molecule has 28 heavy (non-hydrogen) atoms. The maximum absolute atomic E-state index is 13.1. The monoisotopic (exact) mass is 413 g/mol. The average molecular weight is 414 g/mol. The van der Waals surface area contributed by atoms with Gasteiger partial charge in [0.15, 0.2) is 0 Å². The van der Waals surface area contributed by atoms with Gasteiger partial charge in [-0.3, -0.25) is 9.69 Å². The van der Waals surface area contributed by atoms with Crippen LogP contribution in [-0.2, 0) is 11.4 Å². The highest BCUT2D eigenvalue weighted by molar-refractivity contribution is 8.00. The second-order valence-corrected chi connectivity index (χ2v) is 7.86. The number of para-hydroxylation sites is 1. The van der Waals surface area contributed by atoms with Gasteiger partial charge in [0, 0.05) is 16.3 Å². The van der Waals surface area contributed by atoms with Gasteiger partial charge < -0.3 is 4.74 Å². The molecule has 0 N–H and O–H groups in total. The van der Waals surface area contributed by atoms with Crippen LogP contribution in [-0.4, -0.2) is 11.7 Å². The molecule has 1 atom stereocenters. The van der Waals surface area contributed by atoms with Crippen molar-refractivity contribution in [3.05, 3.63) is 94.8 Å². The summed E-state index contributed by atoms with van der Waals surface area (Å²) in [7, 11) is 0. The molecule has 0 saturated carbocycles. The van der Waals surface area contributed by atoms with E-state index in [1.807, 2.05) is 36.4 Å². The first-order valence-electron chi connectivity index (χ1n) is 8.77. The zero-order chi connectivity index (χ0) is 19.5. The van der Waals surface area contributed by atoms with E-state index in [2.05, 4.69) is 0 Å². The topological polar surface area (TPSA) is 29.5 Å². The summed E-state index contributed by atoms with van der Waals surface area (Å²) >= 11 is 7.55. The fourth-order valence-corrected chi connectivity index (χ4v) is 4.42. The van der Waals surface area contributed by atoms with Gasteiger partial charge in [0.05, 0.1) is 5.75 Å². The summed E-state index contributed by atoms with van der Waals surface area (Å²) < 4.78 is 19.1. The molecule has 1 amide bonds. The third-order valence-electron chi connectivity index (χ3n) is 4.47. The lowest BCUT2D eigenvalue weighted by Gasteiger charge is -2.26. The van der Waals surface area contributed by atoms with Crippen LogP contribution in [0.2, 0.25) is 5.02 Å². The number of rotatable bonds is 5. The van der Waals surface area contributed by atoms with Crippen LogP contribution in [0.25, 0.3) is 0 Å². The van der Waals surface area contributed by atoms with E-state index in [-0.39, 0.29) is 17.1 Å². The number of benzene rings is 3. The Balaban J connectivity index is 1.60. The van der Waals surface area contributed by atoms with Crippen LogP contribution >= 0.6 is 23.4 Å². The smallest absolute Gasteiger partial charge is 0.238 e. The van der Waals surface area contributed by atoms with Gasteiger partial charge in [-0.25, -0.2) is 4.39 Å². The SMILES string of the molecule is O=C1CS[C@H](c2ccccc2OCc2ccc(F)cc2)N1c1ccc(Cl)cc1. The molecule has 0 radical (unpaired) electrons. The molecule has 0 spiro atoms. The maximum atomic E-state index is 13.1. The van der Waals surface area contributed by atoms with E-state index in [0.717, 1.165) is 16.8 Å². The van der Waals surface area contributed by atoms with E-state index in [1.165, 1.54) is 12.1 Å². The van der Waals surface area contributed by atoms with Gasteiger partial charge in [0.2, 0.25) is 5.91 Å². The molecule has 0 bridgehead atoms. The minimum atomic E-state index is -0.274. The summed E-state index contributed by atoms with van der Waals surface area (Å²) in [6.45, 7) is 0.323. The summed E-state index contributed by atoms with van der Waals surface area (Å²) in [4.78, 5) is 14.3. The highest BCUT2D eigenvalue weighted by Crippen LogP contribution is 2.45. The van der Waals surface area contributed by atoms with Gasteiger partial charge in [-0.1, -0.05) is 41.9 Å². The molecule has 3 nitrogen and oxygen atoms in total. The van der Waals surface area contributed by atoms with Crippen LogP contribution in [0.5, 0.6) is 5.75 Å². The molecular weight excluding hydrogens is 397 g/mol. The third kappa shape index (κ3) is 4.01. The number of amides is 1. The van der Waals surface area contributed by atoms with Crippen LogP contribution in [0.15, 0.2) is 72.8 Å². The average Bonchev–Trinajstić information content (AvgIpc) is 3.10. The molecule has 1 aliphatic heterocycles. The van der Waals surface area contributed by atoms with Crippen LogP contribution in [0.3, 0.4) is 0 Å². The number of carbonyl (C=O) groups excluding carboxylic acids is 1. The van der Waals surface area contributed by atoms with Crippen molar-refractivity contribution in [3.63, 3.8) is 0 Å². The van der Waals surface area contributed by atoms with Crippen molar-refractivity contribution in [1.82, 2.24) is 0 Å². The zero-order valence-electron chi connectivity index (χ0n) is 14.8. The minimum absolute atomic E-state index is 0.0469. The summed E-state index contributed by atoms with van der Waals surface area (Å²) in [5.74, 6) is 0.881. The second-order valence-electron chi connectivity index (χ2n) is 6.36. The molecule has 6 heteroatoms. The van der Waals surface area contributed by atoms with Crippen LogP contribution in [0.4, 0.5) is 10.1 Å². The number of hydrogen-bond acceptors (Lipinski definition) is 3. The van der Waals surface area contributed by atoms with Crippen molar-refractivity contribution < 1.29 is 13.9 Å². The van der Waals surface area contributed by atoms with Crippen LogP contribution < -0.4 is 9.64 Å². The summed E-state index contributed by atoms with van der Waals surface area (Å²) in [5.41, 5.74) is 2.61. The van der Waals surface area contributed by atoms with E-state index in [0.29, 0.717) is 23.1 Å². The fraction of sp³-hybridized carbons (Fsp3) is 0.136. The summed E-state index contributed by atoms with van der Waals surface area (Å²) in [6.07, 6.45) is 0. The van der Waals surface area contributed by atoms with Gasteiger partial charge in [-0.05, 0) is 48.0 Å². The Kier molecular flexibility index (Phi) is 5.55. The van der Waals surface area contributed by atoms with Crippen LogP contribution in [0, 0.1) is 5.82 Å². The van der Waals surface area contributed by atoms with E-state index >= 15 is 0 Å². The lowest BCUT2D eigenvalue weighted by molar-refractivity contribution is -0.115. The number of ether oxygens (including phenoxy) is 1. The number of nitrogens with zero attached hydrogens (tertiary/aromatic N) is 1. The first kappa shape index (κ1) is 18.8. The minimum Gasteiger partial charge on any atom is -0.489 e. The molecule has 1 aliphatic rings. The van der Waals surface area contributed by atoms with E-state index in [1.54, 1.807) is 40.9 Å². The van der Waals surface area contributed by atoms with Gasteiger partial charge in [-0.15, -0.1) is 11.8 Å². The Labute approximate surface area is 172 Å². The Hall–Kier alpha value is -2.50. The van der Waals surface area contributed by atoms with Crippen molar-refractivity contribution in [2.75, 3.05) is 10.7 Å². The molecule has 4 rings (SSSR count). The Morgan fingerprint density at radius 2 is 1.75 bits per heavy atom. The zero-order valence-corrected chi connectivity index (χ0v) is 16.4. The fourth-order valence-electron chi connectivity index (χ4n) is 3.09. The molecule has 1 fully saturated rings. The Bertz CT molecular complexity index is 979. The summed E-state index contributed by atoms with van der Waals surface area (Å²) in [6, 6.07) is 21.2. The predicted octanol–water partition coefficient (Wildman–Crippen LogP) is 5.84. The molecular formula is C22H17ClFNO2S. The van der Waals surface area contributed by atoms with E-state index in [4.69, 9.17) is 16.3 Å². The van der Waals surface area contributed by atoms with Gasteiger partial charge in [0.1, 0.15) is 23.5 Å². The van der Waals surface area contributed by atoms with Gasteiger partial charge >= 0.3 is 0 Å². The molecule has 1 saturated heterocycles. The molecule has 3 aromatic rings. The normalized spacial score (nSPS) is 16.4. The highest BCUT2D eigenvalue weighted by atomic mass is 35.5. The molecule has 0 aromatic heterocycles. The van der Waals surface area contributed by atoms with Crippen molar-refractivity contribution >= 4 is 35.0 Å². The predicted molar refractivity (Wildman–Crippen MR) is 111 cm³/mol. The largest absolute Gasteiger partial charge is 0.489 e. The number of halogens is 2. The molecule has 0 aliphatic carbocycles. The molecule has 3 aromatic carbocycles. The molecule has 1 heterocycles. The number of carbonyl (C=O) groups is 1. The van der Waals surface area contributed by atoms with Crippen molar-refractivity contribution in [2.45, 2.75) is 12.0 Å².